The Morgan fingerprint density at radius 2 is 1.70 bits per heavy atom. The summed E-state index contributed by atoms with van der Waals surface area (Å²) in [4.78, 5) is 9.29. The minimum absolute atomic E-state index is 0.196. The molecule has 0 amide bonds. The molecule has 4 heteroatoms. The standard InChI is InChI=1S/C16H29N3S/c1-7-20-11-15-18-12(2)14(13(3)19-15)9-8-10-17-16(4,5)6/h17H,7-11H2,1-6H3. The van der Waals surface area contributed by atoms with Crippen molar-refractivity contribution < 1.29 is 0 Å². The molecule has 0 saturated carbocycles. The highest BCUT2D eigenvalue weighted by Crippen LogP contribution is 2.15. The molecule has 0 aromatic carbocycles. The van der Waals surface area contributed by atoms with E-state index in [-0.39, 0.29) is 5.54 Å². The van der Waals surface area contributed by atoms with Crippen molar-refractivity contribution in [2.75, 3.05) is 12.3 Å². The fourth-order valence-corrected chi connectivity index (χ4v) is 2.67. The van der Waals surface area contributed by atoms with Gasteiger partial charge in [0.05, 0.1) is 5.75 Å². The average molecular weight is 295 g/mol. The van der Waals surface area contributed by atoms with Crippen molar-refractivity contribution in [3.8, 4) is 0 Å². The van der Waals surface area contributed by atoms with Crippen LogP contribution >= 0.6 is 11.8 Å². The molecule has 1 N–H and O–H groups in total. The molecule has 0 fully saturated rings. The summed E-state index contributed by atoms with van der Waals surface area (Å²) in [6.45, 7) is 14.0. The zero-order chi connectivity index (χ0) is 15.2. The first-order valence-corrected chi connectivity index (χ1v) is 8.64. The molecule has 3 nitrogen and oxygen atoms in total. The molecule has 0 unspecified atom stereocenters. The molecule has 1 aromatic heterocycles. The Bertz CT molecular complexity index is 401. The summed E-state index contributed by atoms with van der Waals surface area (Å²) in [6.07, 6.45) is 2.19. The quantitative estimate of drug-likeness (QED) is 0.779. The van der Waals surface area contributed by atoms with E-state index in [4.69, 9.17) is 0 Å². The van der Waals surface area contributed by atoms with Gasteiger partial charge in [0.25, 0.3) is 0 Å². The first-order chi connectivity index (χ1) is 9.33. The fraction of sp³-hybridized carbons (Fsp3) is 0.750. The van der Waals surface area contributed by atoms with Crippen molar-refractivity contribution in [3.63, 3.8) is 0 Å². The summed E-state index contributed by atoms with van der Waals surface area (Å²) >= 11 is 1.87. The Balaban J connectivity index is 2.58. The van der Waals surface area contributed by atoms with Crippen LogP contribution in [0.5, 0.6) is 0 Å². The molecule has 1 aromatic rings. The van der Waals surface area contributed by atoms with Crippen molar-refractivity contribution >= 4 is 11.8 Å². The van der Waals surface area contributed by atoms with Crippen LogP contribution in [0.4, 0.5) is 0 Å². The van der Waals surface area contributed by atoms with Gasteiger partial charge >= 0.3 is 0 Å². The van der Waals surface area contributed by atoms with Crippen molar-refractivity contribution in [2.45, 2.75) is 65.7 Å². The van der Waals surface area contributed by atoms with Crippen LogP contribution in [0, 0.1) is 13.8 Å². The number of thioether (sulfide) groups is 1. The molecule has 0 aliphatic carbocycles. The molecule has 0 saturated heterocycles. The van der Waals surface area contributed by atoms with Crippen LogP contribution in [0.2, 0.25) is 0 Å². The van der Waals surface area contributed by atoms with Crippen molar-refractivity contribution in [2.24, 2.45) is 0 Å². The van der Waals surface area contributed by atoms with Crippen LogP contribution in [-0.4, -0.2) is 27.8 Å². The maximum Gasteiger partial charge on any atom is 0.138 e. The van der Waals surface area contributed by atoms with Gasteiger partial charge in [0.2, 0.25) is 0 Å². The van der Waals surface area contributed by atoms with Gasteiger partial charge in [-0.1, -0.05) is 6.92 Å². The lowest BCUT2D eigenvalue weighted by atomic mass is 10.1. The first kappa shape index (κ1) is 17.4. The van der Waals surface area contributed by atoms with Crippen LogP contribution in [0.25, 0.3) is 0 Å². The minimum atomic E-state index is 0.196. The molecule has 0 aliphatic rings. The third-order valence-electron chi connectivity index (χ3n) is 3.16. The van der Waals surface area contributed by atoms with Gasteiger partial charge < -0.3 is 5.32 Å². The second-order valence-electron chi connectivity index (χ2n) is 6.21. The fourth-order valence-electron chi connectivity index (χ4n) is 2.16. The predicted octanol–water partition coefficient (Wildman–Crippen LogP) is 3.67. The molecule has 20 heavy (non-hydrogen) atoms. The molecule has 0 atom stereocenters. The van der Waals surface area contributed by atoms with Crippen molar-refractivity contribution in [1.82, 2.24) is 15.3 Å². The maximum absolute atomic E-state index is 4.65. The molecule has 1 heterocycles. The van der Waals surface area contributed by atoms with Crippen LogP contribution in [-0.2, 0) is 12.2 Å². The monoisotopic (exact) mass is 295 g/mol. The molecule has 0 radical (unpaired) electrons. The van der Waals surface area contributed by atoms with E-state index in [1.165, 1.54) is 5.56 Å². The molecule has 0 bridgehead atoms. The molecule has 0 aliphatic heterocycles. The van der Waals surface area contributed by atoms with Crippen LogP contribution in [0.3, 0.4) is 0 Å². The van der Waals surface area contributed by atoms with Crippen molar-refractivity contribution in [3.05, 3.63) is 22.8 Å². The zero-order valence-corrected chi connectivity index (χ0v) is 14.7. The number of hydrogen-bond acceptors (Lipinski definition) is 4. The number of hydrogen-bond donors (Lipinski definition) is 1. The number of aromatic nitrogens is 2. The molecular formula is C16H29N3S. The van der Waals surface area contributed by atoms with E-state index in [1.807, 2.05) is 11.8 Å². The highest BCUT2D eigenvalue weighted by Gasteiger charge is 2.10. The van der Waals surface area contributed by atoms with Gasteiger partial charge in [-0.25, -0.2) is 9.97 Å². The SMILES string of the molecule is CCSCc1nc(C)c(CCCNC(C)(C)C)c(C)n1. The summed E-state index contributed by atoms with van der Waals surface area (Å²) in [7, 11) is 0. The van der Waals surface area contributed by atoms with Gasteiger partial charge in [0, 0.05) is 16.9 Å². The average Bonchev–Trinajstić information content (AvgIpc) is 2.33. The Hall–Kier alpha value is -0.610. The third kappa shape index (κ3) is 6.23. The van der Waals surface area contributed by atoms with Gasteiger partial charge in [0.1, 0.15) is 5.82 Å². The topological polar surface area (TPSA) is 37.8 Å². The predicted molar refractivity (Wildman–Crippen MR) is 89.4 cm³/mol. The van der Waals surface area contributed by atoms with E-state index < -0.39 is 0 Å². The summed E-state index contributed by atoms with van der Waals surface area (Å²) < 4.78 is 0. The Morgan fingerprint density at radius 1 is 1.10 bits per heavy atom. The lowest BCUT2D eigenvalue weighted by Gasteiger charge is -2.20. The van der Waals surface area contributed by atoms with Crippen LogP contribution in [0.1, 0.15) is 56.9 Å². The third-order valence-corrected chi connectivity index (χ3v) is 4.03. The Kier molecular flexibility index (Phi) is 6.96. The minimum Gasteiger partial charge on any atom is -0.312 e. The summed E-state index contributed by atoms with van der Waals surface area (Å²) in [5.74, 6) is 3.01. The highest BCUT2D eigenvalue weighted by atomic mass is 32.2. The van der Waals surface area contributed by atoms with Gasteiger partial charge in [-0.3, -0.25) is 0 Å². The number of rotatable bonds is 7. The Morgan fingerprint density at radius 3 is 2.20 bits per heavy atom. The van der Waals surface area contributed by atoms with E-state index >= 15 is 0 Å². The van der Waals surface area contributed by atoms with Gasteiger partial charge in [0.15, 0.2) is 0 Å². The van der Waals surface area contributed by atoms with Crippen LogP contribution < -0.4 is 5.32 Å². The zero-order valence-electron chi connectivity index (χ0n) is 13.8. The summed E-state index contributed by atoms with van der Waals surface area (Å²) in [5, 5.41) is 3.53. The highest BCUT2D eigenvalue weighted by molar-refractivity contribution is 7.98. The Labute approximate surface area is 128 Å². The van der Waals surface area contributed by atoms with Gasteiger partial charge in [-0.15, -0.1) is 0 Å². The van der Waals surface area contributed by atoms with E-state index in [1.54, 1.807) is 0 Å². The molecule has 1 rings (SSSR count). The molecular weight excluding hydrogens is 266 g/mol. The van der Waals surface area contributed by atoms with E-state index in [2.05, 4.69) is 56.8 Å². The van der Waals surface area contributed by atoms with Gasteiger partial charge in [-0.05, 0) is 65.3 Å². The van der Waals surface area contributed by atoms with E-state index in [0.717, 1.165) is 48.1 Å². The van der Waals surface area contributed by atoms with Crippen LogP contribution in [0.15, 0.2) is 0 Å². The number of nitrogens with one attached hydrogen (secondary N) is 1. The molecule has 0 spiro atoms. The first-order valence-electron chi connectivity index (χ1n) is 7.49. The summed E-state index contributed by atoms with van der Waals surface area (Å²) in [5.41, 5.74) is 3.83. The lowest BCUT2D eigenvalue weighted by molar-refractivity contribution is 0.422. The molecule has 114 valence electrons. The maximum atomic E-state index is 4.65. The largest absolute Gasteiger partial charge is 0.312 e. The number of nitrogens with zero attached hydrogens (tertiary/aromatic N) is 2. The number of aryl methyl sites for hydroxylation is 2. The van der Waals surface area contributed by atoms with Gasteiger partial charge in [-0.2, -0.15) is 11.8 Å². The van der Waals surface area contributed by atoms with Crippen molar-refractivity contribution in [1.29, 1.82) is 0 Å². The second-order valence-corrected chi connectivity index (χ2v) is 7.48. The normalized spacial score (nSPS) is 11.9. The van der Waals surface area contributed by atoms with E-state index in [9.17, 15) is 0 Å². The van der Waals surface area contributed by atoms with E-state index in [0.29, 0.717) is 0 Å². The lowest BCUT2D eigenvalue weighted by Crippen LogP contribution is -2.36. The smallest absolute Gasteiger partial charge is 0.138 e. The summed E-state index contributed by atoms with van der Waals surface area (Å²) in [6, 6.07) is 0. The second kappa shape index (κ2) is 7.99.